The molecule has 1 atom stereocenters. The predicted octanol–water partition coefficient (Wildman–Crippen LogP) is 4.02. The largest absolute Gasteiger partial charge is 0.333 e. The molecule has 3 aliphatic rings. The summed E-state index contributed by atoms with van der Waals surface area (Å²) < 4.78 is 0. The maximum absolute atomic E-state index is 13.1. The van der Waals surface area contributed by atoms with E-state index in [9.17, 15) is 9.59 Å². The van der Waals surface area contributed by atoms with Crippen molar-refractivity contribution in [3.05, 3.63) is 49.8 Å². The second-order valence-electron chi connectivity index (χ2n) is 9.37. The molecule has 6 nitrogen and oxygen atoms in total. The first-order valence-corrected chi connectivity index (χ1v) is 12.7. The van der Waals surface area contributed by atoms with E-state index < -0.39 is 0 Å². The first kappa shape index (κ1) is 20.9. The van der Waals surface area contributed by atoms with E-state index in [0.29, 0.717) is 24.7 Å². The summed E-state index contributed by atoms with van der Waals surface area (Å²) in [6.45, 7) is 3.22. The lowest BCUT2D eigenvalue weighted by Gasteiger charge is -2.36. The number of nitrogens with one attached hydrogen (secondary N) is 1. The molecule has 0 aromatic carbocycles. The standard InChI is InChI=1S/C24H32N4O2S/c29-22(14-17-6-1-2-7-17)28-11-4-3-9-21(28)23-25-20-10-12-27(15-18-8-5-13-31-18)16-19(20)24(30)26-23/h5,8,13,17,21H,1-4,6-7,9-12,14-16H2,(H,25,26,30)/t21-/m0/s1. The van der Waals surface area contributed by atoms with Crippen molar-refractivity contribution in [3.8, 4) is 0 Å². The zero-order valence-corrected chi connectivity index (χ0v) is 19.0. The predicted molar refractivity (Wildman–Crippen MR) is 122 cm³/mol. The van der Waals surface area contributed by atoms with Crippen LogP contribution in [0.4, 0.5) is 0 Å². The van der Waals surface area contributed by atoms with Crippen molar-refractivity contribution < 1.29 is 4.79 Å². The number of piperidine rings is 1. The minimum Gasteiger partial charge on any atom is -0.333 e. The summed E-state index contributed by atoms with van der Waals surface area (Å²) in [4.78, 5) is 39.8. The summed E-state index contributed by atoms with van der Waals surface area (Å²) in [6.07, 6.45) is 9.33. The van der Waals surface area contributed by atoms with Crippen molar-refractivity contribution in [1.82, 2.24) is 19.8 Å². The third-order valence-electron chi connectivity index (χ3n) is 7.20. The van der Waals surface area contributed by atoms with Crippen LogP contribution < -0.4 is 5.56 Å². The van der Waals surface area contributed by atoms with Gasteiger partial charge in [-0.2, -0.15) is 0 Å². The number of aromatic amines is 1. The van der Waals surface area contributed by atoms with Crippen LogP contribution in [0.25, 0.3) is 0 Å². The lowest BCUT2D eigenvalue weighted by atomic mass is 9.97. The van der Waals surface area contributed by atoms with Crippen LogP contribution in [0, 0.1) is 5.92 Å². The van der Waals surface area contributed by atoms with Gasteiger partial charge in [0.1, 0.15) is 5.82 Å². The molecule has 2 aliphatic heterocycles. The number of rotatable bonds is 5. The molecule has 2 aromatic rings. The quantitative estimate of drug-likeness (QED) is 0.762. The van der Waals surface area contributed by atoms with Gasteiger partial charge >= 0.3 is 0 Å². The average molecular weight is 441 g/mol. The molecule has 1 aliphatic carbocycles. The molecular weight excluding hydrogens is 408 g/mol. The summed E-state index contributed by atoms with van der Waals surface area (Å²) in [7, 11) is 0. The van der Waals surface area contributed by atoms with E-state index in [1.54, 1.807) is 11.3 Å². The molecule has 166 valence electrons. The Morgan fingerprint density at radius 1 is 1.16 bits per heavy atom. The van der Waals surface area contributed by atoms with Gasteiger partial charge < -0.3 is 9.88 Å². The van der Waals surface area contributed by atoms with Gasteiger partial charge in [0, 0.05) is 43.9 Å². The van der Waals surface area contributed by atoms with Crippen molar-refractivity contribution in [2.75, 3.05) is 13.1 Å². The molecule has 2 fully saturated rings. The Morgan fingerprint density at radius 3 is 2.81 bits per heavy atom. The topological polar surface area (TPSA) is 69.3 Å². The normalized spacial score (nSPS) is 22.6. The molecule has 31 heavy (non-hydrogen) atoms. The zero-order chi connectivity index (χ0) is 21.2. The van der Waals surface area contributed by atoms with E-state index in [2.05, 4.69) is 27.4 Å². The van der Waals surface area contributed by atoms with Crippen molar-refractivity contribution in [2.24, 2.45) is 5.92 Å². The number of fused-ring (bicyclic) bond motifs is 1. The van der Waals surface area contributed by atoms with E-state index in [4.69, 9.17) is 4.98 Å². The Kier molecular flexibility index (Phi) is 6.23. The second-order valence-corrected chi connectivity index (χ2v) is 10.4. The number of likely N-dealkylation sites (tertiary alicyclic amines) is 1. The highest BCUT2D eigenvalue weighted by Crippen LogP contribution is 2.33. The molecule has 0 radical (unpaired) electrons. The maximum atomic E-state index is 13.1. The molecule has 7 heteroatoms. The fraction of sp³-hybridized carbons (Fsp3) is 0.625. The Labute approximate surface area is 187 Å². The molecule has 1 N–H and O–H groups in total. The van der Waals surface area contributed by atoms with Gasteiger partial charge in [0.2, 0.25) is 5.91 Å². The maximum Gasteiger partial charge on any atom is 0.255 e. The molecule has 2 aromatic heterocycles. The van der Waals surface area contributed by atoms with Crippen LogP contribution in [0.1, 0.15) is 79.4 Å². The van der Waals surface area contributed by atoms with Crippen molar-refractivity contribution >= 4 is 17.2 Å². The van der Waals surface area contributed by atoms with Gasteiger partial charge in [-0.15, -0.1) is 11.3 Å². The van der Waals surface area contributed by atoms with Gasteiger partial charge in [-0.3, -0.25) is 14.5 Å². The number of thiophene rings is 1. The molecule has 0 spiro atoms. The number of carbonyl (C=O) groups excluding carboxylic acids is 1. The van der Waals surface area contributed by atoms with Crippen LogP contribution >= 0.6 is 11.3 Å². The van der Waals surface area contributed by atoms with Gasteiger partial charge in [0.25, 0.3) is 5.56 Å². The molecule has 1 saturated heterocycles. The van der Waals surface area contributed by atoms with Crippen LogP contribution in [0.5, 0.6) is 0 Å². The molecule has 1 saturated carbocycles. The smallest absolute Gasteiger partial charge is 0.255 e. The fourth-order valence-electron chi connectivity index (χ4n) is 5.51. The van der Waals surface area contributed by atoms with Crippen LogP contribution in [-0.4, -0.2) is 38.8 Å². The van der Waals surface area contributed by atoms with Gasteiger partial charge in [0.15, 0.2) is 0 Å². The average Bonchev–Trinajstić information content (AvgIpc) is 3.48. The third kappa shape index (κ3) is 4.62. The van der Waals surface area contributed by atoms with Crippen LogP contribution in [0.15, 0.2) is 22.3 Å². The number of hydrogen-bond acceptors (Lipinski definition) is 5. The van der Waals surface area contributed by atoms with Crippen molar-refractivity contribution in [3.63, 3.8) is 0 Å². The summed E-state index contributed by atoms with van der Waals surface area (Å²) in [5.41, 5.74) is 1.70. The highest BCUT2D eigenvalue weighted by atomic mass is 32.1. The Morgan fingerprint density at radius 2 is 2.00 bits per heavy atom. The molecule has 1 amide bonds. The Balaban J connectivity index is 1.33. The number of H-pyrrole nitrogens is 1. The highest BCUT2D eigenvalue weighted by Gasteiger charge is 2.32. The number of carbonyl (C=O) groups is 1. The number of nitrogens with zero attached hydrogens (tertiary/aromatic N) is 3. The molecule has 4 heterocycles. The Bertz CT molecular complexity index is 964. The minimum atomic E-state index is -0.0789. The third-order valence-corrected chi connectivity index (χ3v) is 8.06. The van der Waals surface area contributed by atoms with Gasteiger partial charge in [-0.05, 0) is 49.5 Å². The summed E-state index contributed by atoms with van der Waals surface area (Å²) in [5.74, 6) is 1.49. The van der Waals surface area contributed by atoms with E-state index in [1.807, 2.05) is 4.90 Å². The van der Waals surface area contributed by atoms with E-state index in [0.717, 1.165) is 56.6 Å². The van der Waals surface area contributed by atoms with E-state index in [1.165, 1.54) is 30.6 Å². The molecule has 0 unspecified atom stereocenters. The summed E-state index contributed by atoms with van der Waals surface area (Å²) >= 11 is 1.76. The lowest BCUT2D eigenvalue weighted by Crippen LogP contribution is -2.42. The number of amides is 1. The highest BCUT2D eigenvalue weighted by molar-refractivity contribution is 7.09. The summed E-state index contributed by atoms with van der Waals surface area (Å²) in [6, 6.07) is 4.14. The van der Waals surface area contributed by atoms with Crippen LogP contribution in [-0.2, 0) is 24.3 Å². The van der Waals surface area contributed by atoms with Gasteiger partial charge in [0.05, 0.1) is 17.3 Å². The first-order chi connectivity index (χ1) is 15.2. The SMILES string of the molecule is O=C(CC1CCCC1)N1CCCC[C@H]1c1nc2c(c(=O)[nH]1)CN(Cc1cccs1)CC2. The zero-order valence-electron chi connectivity index (χ0n) is 18.1. The minimum absolute atomic E-state index is 0.0235. The molecule has 0 bridgehead atoms. The number of aromatic nitrogens is 2. The van der Waals surface area contributed by atoms with Gasteiger partial charge in [-0.1, -0.05) is 18.9 Å². The fourth-order valence-corrected chi connectivity index (χ4v) is 6.26. The van der Waals surface area contributed by atoms with E-state index in [-0.39, 0.29) is 17.5 Å². The van der Waals surface area contributed by atoms with Crippen LogP contribution in [0.3, 0.4) is 0 Å². The van der Waals surface area contributed by atoms with Crippen molar-refractivity contribution in [2.45, 2.75) is 76.9 Å². The van der Waals surface area contributed by atoms with E-state index >= 15 is 0 Å². The second kappa shape index (κ2) is 9.25. The number of hydrogen-bond donors (Lipinski definition) is 1. The lowest BCUT2D eigenvalue weighted by molar-refractivity contribution is -0.136. The summed E-state index contributed by atoms with van der Waals surface area (Å²) in [5, 5.41) is 2.10. The van der Waals surface area contributed by atoms with Crippen molar-refractivity contribution in [1.29, 1.82) is 0 Å². The Hall–Kier alpha value is -1.99. The first-order valence-electron chi connectivity index (χ1n) is 11.8. The monoisotopic (exact) mass is 440 g/mol. The molecule has 5 rings (SSSR count). The van der Waals surface area contributed by atoms with Gasteiger partial charge in [-0.25, -0.2) is 4.98 Å². The molecular formula is C24H32N4O2S. The van der Waals surface area contributed by atoms with Crippen LogP contribution in [0.2, 0.25) is 0 Å².